The second kappa shape index (κ2) is 5.09. The molecule has 2 rings (SSSR count). The Labute approximate surface area is 111 Å². The van der Waals surface area contributed by atoms with E-state index in [0.29, 0.717) is 10.0 Å². The molecular weight excluding hydrogens is 255 g/mol. The fourth-order valence-electron chi connectivity index (χ4n) is 1.76. The standard InChI is InChI=1S/C14H12Cl2O/c1-9-5-6-12(16)8-13(9)14(17)10-3-2-4-11(15)7-10/h2-8,14,17H,1H3. The van der Waals surface area contributed by atoms with Crippen LogP contribution in [0.5, 0.6) is 0 Å². The predicted octanol–water partition coefficient (Wildman–Crippen LogP) is 4.38. The summed E-state index contributed by atoms with van der Waals surface area (Å²) in [5, 5.41) is 11.5. The van der Waals surface area contributed by atoms with Crippen molar-refractivity contribution in [3.63, 3.8) is 0 Å². The lowest BCUT2D eigenvalue weighted by molar-refractivity contribution is 0.219. The molecule has 1 unspecified atom stereocenters. The molecule has 0 saturated carbocycles. The number of halogens is 2. The third-order valence-corrected chi connectivity index (χ3v) is 3.17. The van der Waals surface area contributed by atoms with Crippen LogP contribution >= 0.6 is 23.2 Å². The molecule has 0 bridgehead atoms. The molecule has 0 radical (unpaired) electrons. The number of rotatable bonds is 2. The molecule has 1 N–H and O–H groups in total. The monoisotopic (exact) mass is 266 g/mol. The Morgan fingerprint density at radius 1 is 1.00 bits per heavy atom. The molecule has 88 valence electrons. The van der Waals surface area contributed by atoms with Crippen LogP contribution in [0.25, 0.3) is 0 Å². The number of aliphatic hydroxyl groups excluding tert-OH is 1. The number of hydrogen-bond acceptors (Lipinski definition) is 1. The van der Waals surface area contributed by atoms with Gasteiger partial charge in [0.25, 0.3) is 0 Å². The van der Waals surface area contributed by atoms with Gasteiger partial charge in [0.1, 0.15) is 6.10 Å². The quantitative estimate of drug-likeness (QED) is 0.855. The molecule has 17 heavy (non-hydrogen) atoms. The van der Waals surface area contributed by atoms with Crippen molar-refractivity contribution in [2.75, 3.05) is 0 Å². The maximum atomic E-state index is 10.3. The Balaban J connectivity index is 2.43. The highest BCUT2D eigenvalue weighted by Crippen LogP contribution is 2.28. The van der Waals surface area contributed by atoms with Crippen LogP contribution in [-0.2, 0) is 0 Å². The van der Waals surface area contributed by atoms with E-state index in [1.807, 2.05) is 31.2 Å². The van der Waals surface area contributed by atoms with Crippen molar-refractivity contribution in [3.05, 3.63) is 69.2 Å². The third kappa shape index (κ3) is 2.81. The van der Waals surface area contributed by atoms with Gasteiger partial charge in [0.2, 0.25) is 0 Å². The highest BCUT2D eigenvalue weighted by Gasteiger charge is 2.13. The van der Waals surface area contributed by atoms with Gasteiger partial charge in [-0.1, -0.05) is 41.4 Å². The molecule has 0 heterocycles. The van der Waals surface area contributed by atoms with E-state index in [9.17, 15) is 5.11 Å². The van der Waals surface area contributed by atoms with Gasteiger partial charge in [0.05, 0.1) is 0 Å². The molecule has 2 aromatic rings. The van der Waals surface area contributed by atoms with Gasteiger partial charge in [0, 0.05) is 10.0 Å². The van der Waals surface area contributed by atoms with Crippen molar-refractivity contribution in [2.45, 2.75) is 13.0 Å². The van der Waals surface area contributed by atoms with Crippen LogP contribution in [0.2, 0.25) is 10.0 Å². The van der Waals surface area contributed by atoms with Crippen molar-refractivity contribution >= 4 is 23.2 Å². The SMILES string of the molecule is Cc1ccc(Cl)cc1C(O)c1cccc(Cl)c1. The van der Waals surface area contributed by atoms with Crippen LogP contribution < -0.4 is 0 Å². The van der Waals surface area contributed by atoms with Crippen molar-refractivity contribution in [1.29, 1.82) is 0 Å². The summed E-state index contributed by atoms with van der Waals surface area (Å²) < 4.78 is 0. The van der Waals surface area contributed by atoms with Crippen LogP contribution in [0.4, 0.5) is 0 Å². The van der Waals surface area contributed by atoms with E-state index < -0.39 is 6.10 Å². The van der Waals surface area contributed by atoms with Crippen molar-refractivity contribution in [3.8, 4) is 0 Å². The minimum absolute atomic E-state index is 0.612. The van der Waals surface area contributed by atoms with Crippen molar-refractivity contribution in [1.82, 2.24) is 0 Å². The lowest BCUT2D eigenvalue weighted by Crippen LogP contribution is -2.01. The molecule has 3 heteroatoms. The minimum atomic E-state index is -0.701. The first-order valence-electron chi connectivity index (χ1n) is 5.27. The van der Waals surface area contributed by atoms with Gasteiger partial charge in [-0.3, -0.25) is 0 Å². The summed E-state index contributed by atoms with van der Waals surface area (Å²) in [5.41, 5.74) is 2.57. The highest BCUT2D eigenvalue weighted by molar-refractivity contribution is 6.31. The van der Waals surface area contributed by atoms with Crippen LogP contribution in [0.15, 0.2) is 42.5 Å². The lowest BCUT2D eigenvalue weighted by atomic mass is 9.98. The van der Waals surface area contributed by atoms with E-state index >= 15 is 0 Å². The molecule has 0 aliphatic heterocycles. The zero-order valence-corrected chi connectivity index (χ0v) is 10.8. The Morgan fingerprint density at radius 2 is 1.71 bits per heavy atom. The summed E-state index contributed by atoms with van der Waals surface area (Å²) in [6.45, 7) is 1.94. The fourth-order valence-corrected chi connectivity index (χ4v) is 2.14. The van der Waals surface area contributed by atoms with Crippen LogP contribution in [0.3, 0.4) is 0 Å². The molecular formula is C14H12Cl2O. The van der Waals surface area contributed by atoms with Crippen LogP contribution in [0.1, 0.15) is 22.8 Å². The smallest absolute Gasteiger partial charge is 0.104 e. The normalized spacial score (nSPS) is 12.5. The van der Waals surface area contributed by atoms with Gasteiger partial charge in [-0.05, 0) is 47.9 Å². The Kier molecular flexibility index (Phi) is 3.72. The zero-order valence-electron chi connectivity index (χ0n) is 9.32. The average molecular weight is 267 g/mol. The van der Waals surface area contributed by atoms with E-state index in [2.05, 4.69) is 0 Å². The van der Waals surface area contributed by atoms with Gasteiger partial charge in [-0.2, -0.15) is 0 Å². The van der Waals surface area contributed by atoms with Crippen molar-refractivity contribution in [2.24, 2.45) is 0 Å². The summed E-state index contributed by atoms with van der Waals surface area (Å²) in [5.74, 6) is 0. The fraction of sp³-hybridized carbons (Fsp3) is 0.143. The molecule has 1 nitrogen and oxygen atoms in total. The summed E-state index contributed by atoms with van der Waals surface area (Å²) in [4.78, 5) is 0. The molecule has 0 aliphatic carbocycles. The number of benzene rings is 2. The first kappa shape index (κ1) is 12.4. The molecule has 0 saturated heterocycles. The first-order valence-corrected chi connectivity index (χ1v) is 6.03. The second-order valence-corrected chi connectivity index (χ2v) is 4.83. The summed E-state index contributed by atoms with van der Waals surface area (Å²) >= 11 is 11.9. The van der Waals surface area contributed by atoms with Crippen LogP contribution in [-0.4, -0.2) is 5.11 Å². The summed E-state index contributed by atoms with van der Waals surface area (Å²) in [6, 6.07) is 12.7. The highest BCUT2D eigenvalue weighted by atomic mass is 35.5. The molecule has 2 aromatic carbocycles. The van der Waals surface area contributed by atoms with Gasteiger partial charge >= 0.3 is 0 Å². The number of aryl methyl sites for hydroxylation is 1. The molecule has 0 fully saturated rings. The van der Waals surface area contributed by atoms with Gasteiger partial charge in [0.15, 0.2) is 0 Å². The number of aliphatic hydroxyl groups is 1. The second-order valence-electron chi connectivity index (χ2n) is 3.96. The third-order valence-electron chi connectivity index (χ3n) is 2.70. The van der Waals surface area contributed by atoms with Gasteiger partial charge in [-0.25, -0.2) is 0 Å². The topological polar surface area (TPSA) is 20.2 Å². The summed E-state index contributed by atoms with van der Waals surface area (Å²) in [7, 11) is 0. The maximum Gasteiger partial charge on any atom is 0.104 e. The van der Waals surface area contributed by atoms with E-state index in [1.165, 1.54) is 0 Å². The molecule has 0 amide bonds. The molecule has 0 spiro atoms. The van der Waals surface area contributed by atoms with E-state index in [4.69, 9.17) is 23.2 Å². The van der Waals surface area contributed by atoms with Gasteiger partial charge in [-0.15, -0.1) is 0 Å². The Hall–Kier alpha value is -1.02. The molecule has 1 atom stereocenters. The zero-order chi connectivity index (χ0) is 12.4. The van der Waals surface area contributed by atoms with Gasteiger partial charge < -0.3 is 5.11 Å². The Morgan fingerprint density at radius 3 is 2.41 bits per heavy atom. The van der Waals surface area contributed by atoms with E-state index in [-0.39, 0.29) is 0 Å². The van der Waals surface area contributed by atoms with E-state index in [0.717, 1.165) is 16.7 Å². The first-order chi connectivity index (χ1) is 8.08. The molecule has 0 aromatic heterocycles. The van der Waals surface area contributed by atoms with E-state index in [1.54, 1.807) is 18.2 Å². The van der Waals surface area contributed by atoms with Crippen LogP contribution in [0, 0.1) is 6.92 Å². The number of hydrogen-bond donors (Lipinski definition) is 1. The lowest BCUT2D eigenvalue weighted by Gasteiger charge is -2.14. The Bertz CT molecular complexity index is 537. The summed E-state index contributed by atoms with van der Waals surface area (Å²) in [6.07, 6.45) is -0.701. The molecule has 0 aliphatic rings. The largest absolute Gasteiger partial charge is 0.384 e. The minimum Gasteiger partial charge on any atom is -0.384 e. The predicted molar refractivity (Wildman–Crippen MR) is 71.7 cm³/mol. The average Bonchev–Trinajstić information content (AvgIpc) is 2.31. The maximum absolute atomic E-state index is 10.3. The van der Waals surface area contributed by atoms with Crippen molar-refractivity contribution < 1.29 is 5.11 Å².